The third kappa shape index (κ3) is 3.21. The summed E-state index contributed by atoms with van der Waals surface area (Å²) in [6.45, 7) is 0. The van der Waals surface area contributed by atoms with Gasteiger partial charge < -0.3 is 5.32 Å². The Morgan fingerprint density at radius 2 is 2.11 bits per heavy atom. The first-order valence-corrected chi connectivity index (χ1v) is 8.37. The maximum Gasteiger partial charge on any atom is 0.157 e. The third-order valence-electron chi connectivity index (χ3n) is 3.70. The molecule has 0 unspecified atom stereocenters. The van der Waals surface area contributed by atoms with E-state index in [0.29, 0.717) is 17.1 Å². The number of aliphatic imine (C=N–C) groups is 1. The average Bonchev–Trinajstić information content (AvgIpc) is 2.80. The van der Waals surface area contributed by atoms with Gasteiger partial charge in [0.15, 0.2) is 5.17 Å². The number of nitrogens with one attached hydrogen (secondary N) is 1. The SMILES string of the molecule is Clc1ccc(CSC2=N[C@H]3CCCC[C@@H]3N2)c(Cl)c1. The molecule has 0 radical (unpaired) electrons. The van der Waals surface area contributed by atoms with Crippen molar-refractivity contribution >= 4 is 40.1 Å². The highest BCUT2D eigenvalue weighted by Gasteiger charge is 2.30. The molecule has 1 N–H and O–H groups in total. The molecule has 1 aromatic rings. The topological polar surface area (TPSA) is 24.4 Å². The number of rotatable bonds is 2. The van der Waals surface area contributed by atoms with Crippen molar-refractivity contribution in [3.63, 3.8) is 0 Å². The second kappa shape index (κ2) is 5.94. The zero-order valence-corrected chi connectivity index (χ0v) is 12.9. The highest BCUT2D eigenvalue weighted by Crippen LogP contribution is 2.29. The summed E-state index contributed by atoms with van der Waals surface area (Å²) in [6, 6.07) is 6.73. The molecule has 1 aromatic carbocycles. The lowest BCUT2D eigenvalue weighted by Crippen LogP contribution is -2.36. The molecular formula is C14H16Cl2N2S. The van der Waals surface area contributed by atoms with E-state index >= 15 is 0 Å². The van der Waals surface area contributed by atoms with Gasteiger partial charge in [-0.1, -0.05) is 53.9 Å². The van der Waals surface area contributed by atoms with Gasteiger partial charge in [0.25, 0.3) is 0 Å². The molecule has 3 rings (SSSR count). The van der Waals surface area contributed by atoms with Crippen LogP contribution >= 0.6 is 35.0 Å². The lowest BCUT2D eigenvalue weighted by atomic mass is 9.92. The lowest BCUT2D eigenvalue weighted by Gasteiger charge is -2.23. The molecule has 5 heteroatoms. The molecular weight excluding hydrogens is 299 g/mol. The molecule has 0 amide bonds. The molecule has 102 valence electrons. The highest BCUT2D eigenvalue weighted by atomic mass is 35.5. The minimum absolute atomic E-state index is 0.497. The normalized spacial score (nSPS) is 25.7. The first kappa shape index (κ1) is 13.6. The van der Waals surface area contributed by atoms with Crippen molar-refractivity contribution in [3.05, 3.63) is 33.8 Å². The molecule has 2 atom stereocenters. The van der Waals surface area contributed by atoms with Gasteiger partial charge in [0, 0.05) is 15.8 Å². The van der Waals surface area contributed by atoms with Gasteiger partial charge in [0.1, 0.15) is 0 Å². The van der Waals surface area contributed by atoms with Crippen molar-refractivity contribution in [2.24, 2.45) is 4.99 Å². The van der Waals surface area contributed by atoms with E-state index in [1.165, 1.54) is 25.7 Å². The summed E-state index contributed by atoms with van der Waals surface area (Å²) >= 11 is 13.8. The molecule has 1 fully saturated rings. The van der Waals surface area contributed by atoms with Crippen molar-refractivity contribution in [3.8, 4) is 0 Å². The van der Waals surface area contributed by atoms with Gasteiger partial charge in [0.05, 0.1) is 12.1 Å². The van der Waals surface area contributed by atoms with Crippen LogP contribution in [0.15, 0.2) is 23.2 Å². The molecule has 1 aliphatic carbocycles. The summed E-state index contributed by atoms with van der Waals surface area (Å²) in [5, 5.41) is 6.02. The van der Waals surface area contributed by atoms with E-state index in [2.05, 4.69) is 5.32 Å². The fraction of sp³-hybridized carbons (Fsp3) is 0.500. The molecule has 2 nitrogen and oxygen atoms in total. The monoisotopic (exact) mass is 314 g/mol. The van der Waals surface area contributed by atoms with Crippen LogP contribution in [-0.2, 0) is 5.75 Å². The van der Waals surface area contributed by atoms with Crippen LogP contribution in [0.1, 0.15) is 31.2 Å². The number of amidine groups is 1. The Kier molecular flexibility index (Phi) is 4.25. The Hall–Kier alpha value is -0.380. The fourth-order valence-corrected chi connectivity index (χ4v) is 4.19. The minimum Gasteiger partial charge on any atom is -0.360 e. The molecule has 19 heavy (non-hydrogen) atoms. The molecule has 1 heterocycles. The smallest absolute Gasteiger partial charge is 0.157 e. The quantitative estimate of drug-likeness (QED) is 0.869. The standard InChI is InChI=1S/C14H16Cl2N2S/c15-10-6-5-9(11(16)7-10)8-19-14-17-12-3-1-2-4-13(12)18-14/h5-7,12-13H,1-4,8H2,(H,17,18)/t12-,13-/m0/s1. The Bertz CT molecular complexity index is 504. The number of halogens is 2. The number of hydrogen-bond donors (Lipinski definition) is 1. The van der Waals surface area contributed by atoms with E-state index < -0.39 is 0 Å². The number of benzene rings is 1. The van der Waals surface area contributed by atoms with Crippen LogP contribution in [0.25, 0.3) is 0 Å². The van der Waals surface area contributed by atoms with E-state index in [1.807, 2.05) is 12.1 Å². The van der Waals surface area contributed by atoms with Crippen LogP contribution in [-0.4, -0.2) is 17.3 Å². The number of thioether (sulfide) groups is 1. The molecule has 0 aromatic heterocycles. The van der Waals surface area contributed by atoms with Crippen molar-refractivity contribution in [1.82, 2.24) is 5.32 Å². The molecule has 0 bridgehead atoms. The van der Waals surface area contributed by atoms with Gasteiger partial charge in [0.2, 0.25) is 0 Å². The van der Waals surface area contributed by atoms with Gasteiger partial charge in [-0.25, -0.2) is 0 Å². The zero-order valence-electron chi connectivity index (χ0n) is 10.5. The Labute approximate surface area is 128 Å². The largest absolute Gasteiger partial charge is 0.360 e. The van der Waals surface area contributed by atoms with Crippen LogP contribution in [0, 0.1) is 0 Å². The predicted octanol–water partition coefficient (Wildman–Crippen LogP) is 4.50. The highest BCUT2D eigenvalue weighted by molar-refractivity contribution is 8.13. The Morgan fingerprint density at radius 1 is 1.26 bits per heavy atom. The Morgan fingerprint density at radius 3 is 2.89 bits per heavy atom. The van der Waals surface area contributed by atoms with Gasteiger partial charge in [-0.2, -0.15) is 0 Å². The molecule has 1 aliphatic heterocycles. The first-order chi connectivity index (χ1) is 9.22. The molecule has 1 saturated carbocycles. The van der Waals surface area contributed by atoms with Crippen molar-refractivity contribution < 1.29 is 0 Å². The van der Waals surface area contributed by atoms with Gasteiger partial charge in [-0.3, -0.25) is 4.99 Å². The lowest BCUT2D eigenvalue weighted by molar-refractivity contribution is 0.385. The Balaban J connectivity index is 1.60. The average molecular weight is 315 g/mol. The summed E-state index contributed by atoms with van der Waals surface area (Å²) in [7, 11) is 0. The molecule has 2 aliphatic rings. The maximum atomic E-state index is 6.18. The number of nitrogens with zero attached hydrogens (tertiary/aromatic N) is 1. The second-order valence-electron chi connectivity index (χ2n) is 5.06. The van der Waals surface area contributed by atoms with Gasteiger partial charge >= 0.3 is 0 Å². The zero-order chi connectivity index (χ0) is 13.2. The first-order valence-electron chi connectivity index (χ1n) is 6.63. The summed E-state index contributed by atoms with van der Waals surface area (Å²) in [6.07, 6.45) is 5.11. The predicted molar refractivity (Wildman–Crippen MR) is 84.4 cm³/mol. The van der Waals surface area contributed by atoms with Crippen LogP contribution in [0.3, 0.4) is 0 Å². The number of hydrogen-bond acceptors (Lipinski definition) is 3. The van der Waals surface area contributed by atoms with E-state index in [0.717, 1.165) is 21.5 Å². The second-order valence-corrected chi connectivity index (χ2v) is 6.87. The minimum atomic E-state index is 0.497. The van der Waals surface area contributed by atoms with E-state index in [4.69, 9.17) is 28.2 Å². The number of fused-ring (bicyclic) bond motifs is 1. The summed E-state index contributed by atoms with van der Waals surface area (Å²) in [4.78, 5) is 4.77. The summed E-state index contributed by atoms with van der Waals surface area (Å²) in [5.74, 6) is 0.835. The molecule has 0 saturated heterocycles. The summed E-state index contributed by atoms with van der Waals surface area (Å²) in [5.41, 5.74) is 1.11. The maximum absolute atomic E-state index is 6.18. The van der Waals surface area contributed by atoms with Crippen LogP contribution in [0.2, 0.25) is 10.0 Å². The van der Waals surface area contributed by atoms with E-state index in [9.17, 15) is 0 Å². The van der Waals surface area contributed by atoms with Gasteiger partial charge in [-0.15, -0.1) is 0 Å². The molecule has 0 spiro atoms. The fourth-order valence-electron chi connectivity index (χ4n) is 2.64. The van der Waals surface area contributed by atoms with Crippen LogP contribution < -0.4 is 5.32 Å². The van der Waals surface area contributed by atoms with Gasteiger partial charge in [-0.05, 0) is 30.5 Å². The van der Waals surface area contributed by atoms with E-state index in [1.54, 1.807) is 17.8 Å². The third-order valence-corrected chi connectivity index (χ3v) is 5.24. The van der Waals surface area contributed by atoms with Crippen LogP contribution in [0.4, 0.5) is 0 Å². The van der Waals surface area contributed by atoms with E-state index in [-0.39, 0.29) is 0 Å². The van der Waals surface area contributed by atoms with Crippen molar-refractivity contribution in [2.45, 2.75) is 43.5 Å². The van der Waals surface area contributed by atoms with Crippen molar-refractivity contribution in [2.75, 3.05) is 0 Å². The summed E-state index contributed by atoms with van der Waals surface area (Å²) < 4.78 is 0. The van der Waals surface area contributed by atoms with Crippen molar-refractivity contribution in [1.29, 1.82) is 0 Å². The van der Waals surface area contributed by atoms with Crippen LogP contribution in [0.5, 0.6) is 0 Å².